The number of halogens is 1. The molecule has 1 heterocycles. The summed E-state index contributed by atoms with van der Waals surface area (Å²) in [6.45, 7) is 2.24. The van der Waals surface area contributed by atoms with Crippen LogP contribution in [0.2, 0.25) is 0 Å². The van der Waals surface area contributed by atoms with Gasteiger partial charge in [-0.3, -0.25) is 4.98 Å². The van der Waals surface area contributed by atoms with Crippen molar-refractivity contribution in [2.24, 2.45) is 5.73 Å². The van der Waals surface area contributed by atoms with Crippen molar-refractivity contribution in [2.45, 2.75) is 57.9 Å². The molecule has 0 bridgehead atoms. The Morgan fingerprint density at radius 2 is 2.00 bits per heavy atom. The van der Waals surface area contributed by atoms with Crippen LogP contribution in [0, 0.1) is 0 Å². The maximum absolute atomic E-state index is 6.11. The summed E-state index contributed by atoms with van der Waals surface area (Å²) in [5, 5.41) is 0. The molecule has 0 aliphatic rings. The average molecular weight is 299 g/mol. The summed E-state index contributed by atoms with van der Waals surface area (Å²) in [5.74, 6) is 0. The van der Waals surface area contributed by atoms with Crippen LogP contribution in [0.15, 0.2) is 22.8 Å². The summed E-state index contributed by atoms with van der Waals surface area (Å²) in [6, 6.07) is 4.32. The van der Waals surface area contributed by atoms with Crippen molar-refractivity contribution in [1.82, 2.24) is 4.98 Å². The van der Waals surface area contributed by atoms with Crippen molar-refractivity contribution in [2.75, 3.05) is 0 Å². The maximum Gasteiger partial charge on any atom is 0.0419 e. The molecule has 0 spiro atoms. The quantitative estimate of drug-likeness (QED) is 0.735. The number of hydrogen-bond acceptors (Lipinski definition) is 2. The van der Waals surface area contributed by atoms with Gasteiger partial charge < -0.3 is 5.73 Å². The highest BCUT2D eigenvalue weighted by molar-refractivity contribution is 9.10. The fraction of sp³-hybridized carbons (Fsp3) is 0.643. The number of nitrogens with two attached hydrogens (primary N) is 1. The molecule has 0 aliphatic carbocycles. The van der Waals surface area contributed by atoms with E-state index in [4.69, 9.17) is 5.73 Å². The van der Waals surface area contributed by atoms with Gasteiger partial charge in [-0.25, -0.2) is 0 Å². The van der Waals surface area contributed by atoms with Gasteiger partial charge in [-0.05, 0) is 34.5 Å². The zero-order valence-corrected chi connectivity index (χ0v) is 12.2. The molecule has 17 heavy (non-hydrogen) atoms. The van der Waals surface area contributed by atoms with Crippen LogP contribution in [0.3, 0.4) is 0 Å². The molecule has 1 unspecified atom stereocenters. The summed E-state index contributed by atoms with van der Waals surface area (Å²) in [6.07, 6.45) is 10.4. The van der Waals surface area contributed by atoms with E-state index in [-0.39, 0.29) is 6.04 Å². The monoisotopic (exact) mass is 298 g/mol. The smallest absolute Gasteiger partial charge is 0.0419 e. The minimum atomic E-state index is 0.255. The van der Waals surface area contributed by atoms with Gasteiger partial charge in [-0.1, -0.05) is 39.0 Å². The summed E-state index contributed by atoms with van der Waals surface area (Å²) in [4.78, 5) is 4.35. The van der Waals surface area contributed by atoms with E-state index in [0.717, 1.165) is 23.0 Å². The Morgan fingerprint density at radius 3 is 2.65 bits per heavy atom. The molecule has 0 saturated carbocycles. The molecule has 0 aromatic carbocycles. The Hall–Kier alpha value is -0.410. The van der Waals surface area contributed by atoms with Crippen LogP contribution in [0.25, 0.3) is 0 Å². The van der Waals surface area contributed by atoms with Crippen LogP contribution in [0.5, 0.6) is 0 Å². The first-order valence-electron chi connectivity index (χ1n) is 6.58. The Morgan fingerprint density at radius 1 is 1.24 bits per heavy atom. The summed E-state index contributed by atoms with van der Waals surface area (Å²) >= 11 is 3.38. The van der Waals surface area contributed by atoms with Crippen molar-refractivity contribution >= 4 is 15.9 Å². The van der Waals surface area contributed by atoms with Crippen LogP contribution in [-0.2, 0) is 6.42 Å². The standard InChI is InChI=1S/C14H23BrN2/c1-2-3-4-5-6-7-13(16)10-14-9-8-12(15)11-17-14/h8-9,11,13H,2-7,10,16H2,1H3. The lowest BCUT2D eigenvalue weighted by Crippen LogP contribution is -2.23. The average Bonchev–Trinajstić information content (AvgIpc) is 2.32. The SMILES string of the molecule is CCCCCCCC(N)Cc1ccc(Br)cn1. The fourth-order valence-corrected chi connectivity index (χ4v) is 2.14. The Balaban J connectivity index is 2.16. The number of aromatic nitrogens is 1. The molecule has 0 aliphatic heterocycles. The Labute approximate surface area is 113 Å². The van der Waals surface area contributed by atoms with Crippen molar-refractivity contribution in [3.8, 4) is 0 Å². The number of hydrogen-bond donors (Lipinski definition) is 1. The van der Waals surface area contributed by atoms with E-state index in [1.807, 2.05) is 18.3 Å². The molecule has 0 radical (unpaired) electrons. The fourth-order valence-electron chi connectivity index (χ4n) is 1.91. The summed E-state index contributed by atoms with van der Waals surface area (Å²) in [7, 11) is 0. The number of nitrogens with zero attached hydrogens (tertiary/aromatic N) is 1. The molecule has 2 N–H and O–H groups in total. The molecule has 1 rings (SSSR count). The van der Waals surface area contributed by atoms with Crippen LogP contribution in [-0.4, -0.2) is 11.0 Å². The largest absolute Gasteiger partial charge is 0.327 e. The zero-order valence-electron chi connectivity index (χ0n) is 10.7. The van der Waals surface area contributed by atoms with Crippen molar-refractivity contribution in [3.05, 3.63) is 28.5 Å². The van der Waals surface area contributed by atoms with Gasteiger partial charge in [0.05, 0.1) is 0 Å². The molecule has 0 fully saturated rings. The highest BCUT2D eigenvalue weighted by Crippen LogP contribution is 2.11. The molecule has 3 heteroatoms. The number of rotatable bonds is 8. The van der Waals surface area contributed by atoms with Crippen LogP contribution >= 0.6 is 15.9 Å². The summed E-state index contributed by atoms with van der Waals surface area (Å²) in [5.41, 5.74) is 7.20. The van der Waals surface area contributed by atoms with Crippen molar-refractivity contribution in [3.63, 3.8) is 0 Å². The molecule has 1 aromatic rings. The van der Waals surface area contributed by atoms with E-state index in [2.05, 4.69) is 27.8 Å². The first kappa shape index (κ1) is 14.7. The maximum atomic E-state index is 6.11. The van der Waals surface area contributed by atoms with Gasteiger partial charge >= 0.3 is 0 Å². The first-order valence-corrected chi connectivity index (χ1v) is 7.37. The van der Waals surface area contributed by atoms with E-state index >= 15 is 0 Å². The first-order chi connectivity index (χ1) is 8.22. The van der Waals surface area contributed by atoms with E-state index in [1.165, 1.54) is 32.1 Å². The highest BCUT2D eigenvalue weighted by Gasteiger charge is 2.04. The molecule has 1 aromatic heterocycles. The third kappa shape index (κ3) is 6.79. The minimum absolute atomic E-state index is 0.255. The Bertz CT molecular complexity index is 298. The molecule has 96 valence electrons. The highest BCUT2D eigenvalue weighted by atomic mass is 79.9. The third-order valence-electron chi connectivity index (χ3n) is 2.94. The van der Waals surface area contributed by atoms with Gasteiger partial charge in [0, 0.05) is 28.8 Å². The van der Waals surface area contributed by atoms with Gasteiger partial charge in [0.15, 0.2) is 0 Å². The van der Waals surface area contributed by atoms with Gasteiger partial charge in [-0.15, -0.1) is 0 Å². The second kappa shape index (κ2) is 8.65. The Kier molecular flexibility index (Phi) is 7.45. The van der Waals surface area contributed by atoms with Gasteiger partial charge in [0.25, 0.3) is 0 Å². The molecule has 1 atom stereocenters. The van der Waals surface area contributed by atoms with Crippen LogP contribution < -0.4 is 5.73 Å². The van der Waals surface area contributed by atoms with Gasteiger partial charge in [0.1, 0.15) is 0 Å². The molecular formula is C14H23BrN2. The second-order valence-electron chi connectivity index (χ2n) is 4.63. The lowest BCUT2D eigenvalue weighted by Gasteiger charge is -2.10. The second-order valence-corrected chi connectivity index (χ2v) is 5.55. The molecule has 0 amide bonds. The molecule has 2 nitrogen and oxygen atoms in total. The number of unbranched alkanes of at least 4 members (excludes halogenated alkanes) is 4. The van der Waals surface area contributed by atoms with Crippen LogP contribution in [0.4, 0.5) is 0 Å². The molecule has 0 saturated heterocycles. The zero-order chi connectivity index (χ0) is 12.5. The predicted molar refractivity (Wildman–Crippen MR) is 77.0 cm³/mol. The van der Waals surface area contributed by atoms with Crippen LogP contribution in [0.1, 0.15) is 51.1 Å². The number of pyridine rings is 1. The lowest BCUT2D eigenvalue weighted by atomic mass is 10.0. The van der Waals surface area contributed by atoms with E-state index in [0.29, 0.717) is 0 Å². The predicted octanol–water partition coefficient (Wildman–Crippen LogP) is 4.07. The van der Waals surface area contributed by atoms with Gasteiger partial charge in [0.2, 0.25) is 0 Å². The van der Waals surface area contributed by atoms with E-state index in [1.54, 1.807) is 0 Å². The van der Waals surface area contributed by atoms with Gasteiger partial charge in [-0.2, -0.15) is 0 Å². The summed E-state index contributed by atoms with van der Waals surface area (Å²) < 4.78 is 1.02. The topological polar surface area (TPSA) is 38.9 Å². The van der Waals surface area contributed by atoms with Crippen molar-refractivity contribution in [1.29, 1.82) is 0 Å². The van der Waals surface area contributed by atoms with E-state index in [9.17, 15) is 0 Å². The minimum Gasteiger partial charge on any atom is -0.327 e. The van der Waals surface area contributed by atoms with E-state index < -0.39 is 0 Å². The van der Waals surface area contributed by atoms with Crippen molar-refractivity contribution < 1.29 is 0 Å². The normalized spacial score (nSPS) is 12.6. The molecular weight excluding hydrogens is 276 g/mol. The lowest BCUT2D eigenvalue weighted by molar-refractivity contribution is 0.535. The third-order valence-corrected chi connectivity index (χ3v) is 3.41.